The van der Waals surface area contributed by atoms with Crippen molar-refractivity contribution in [3.8, 4) is 0 Å². The van der Waals surface area contributed by atoms with Gasteiger partial charge in [-0.15, -0.1) is 0 Å². The molecule has 0 aromatic heterocycles. The van der Waals surface area contributed by atoms with Crippen molar-refractivity contribution in [2.24, 2.45) is 0 Å². The number of benzene rings is 1. The van der Waals surface area contributed by atoms with E-state index in [1.807, 2.05) is 6.92 Å². The Morgan fingerprint density at radius 2 is 2.00 bits per heavy atom. The van der Waals surface area contributed by atoms with Crippen molar-refractivity contribution in [2.45, 2.75) is 50.9 Å². The number of aryl methyl sites for hydroxylation is 1. The number of carboxylic acids is 1. The van der Waals surface area contributed by atoms with Crippen molar-refractivity contribution in [1.82, 2.24) is 0 Å². The van der Waals surface area contributed by atoms with E-state index in [4.69, 9.17) is 0 Å². The summed E-state index contributed by atoms with van der Waals surface area (Å²) in [5, 5.41) is 9.66. The monoisotopic (exact) mass is 328 g/mol. The lowest BCUT2D eigenvalue weighted by molar-refractivity contribution is -0.145. The van der Waals surface area contributed by atoms with Crippen LogP contribution in [-0.2, 0) is 16.6 Å². The molecule has 1 fully saturated rings. The van der Waals surface area contributed by atoms with Crippen molar-refractivity contribution in [3.63, 3.8) is 0 Å². The Labute approximate surface area is 121 Å². The van der Waals surface area contributed by atoms with Crippen molar-refractivity contribution < 1.29 is 14.3 Å². The second-order valence-electron chi connectivity index (χ2n) is 5.23. The van der Waals surface area contributed by atoms with Gasteiger partial charge in [0, 0.05) is 0 Å². The molecule has 1 N–H and O–H groups in total. The van der Waals surface area contributed by atoms with Crippen molar-refractivity contribution in [1.29, 1.82) is 0 Å². The van der Waals surface area contributed by atoms with Crippen LogP contribution in [0.1, 0.15) is 50.2 Å². The Hall–Kier alpha value is -0.900. The molecular weight excluding hydrogens is 311 g/mol. The van der Waals surface area contributed by atoms with Gasteiger partial charge in [-0.2, -0.15) is 0 Å². The Morgan fingerprint density at radius 3 is 2.53 bits per heavy atom. The number of aliphatic carboxylic acids is 1. The van der Waals surface area contributed by atoms with E-state index in [0.717, 1.165) is 24.8 Å². The topological polar surface area (TPSA) is 37.3 Å². The van der Waals surface area contributed by atoms with Crippen LogP contribution in [0.3, 0.4) is 0 Å². The smallest absolute Gasteiger partial charge is 0.314 e. The Morgan fingerprint density at radius 1 is 1.37 bits per heavy atom. The molecular formula is C15H18BrFO2. The molecule has 0 saturated heterocycles. The van der Waals surface area contributed by atoms with E-state index >= 15 is 0 Å². The quantitative estimate of drug-likeness (QED) is 0.890. The first-order chi connectivity index (χ1) is 9.01. The van der Waals surface area contributed by atoms with Gasteiger partial charge in [0.05, 0.1) is 9.89 Å². The average molecular weight is 329 g/mol. The fraction of sp³-hybridized carbons (Fsp3) is 0.533. The van der Waals surface area contributed by atoms with Crippen molar-refractivity contribution >= 4 is 21.9 Å². The molecule has 104 valence electrons. The van der Waals surface area contributed by atoms with Crippen LogP contribution in [0.4, 0.5) is 4.39 Å². The summed E-state index contributed by atoms with van der Waals surface area (Å²) in [6.07, 6.45) is 4.77. The molecule has 0 bridgehead atoms. The van der Waals surface area contributed by atoms with Crippen molar-refractivity contribution in [3.05, 3.63) is 33.5 Å². The molecule has 2 rings (SSSR count). The summed E-state index contributed by atoms with van der Waals surface area (Å²) in [4.78, 5) is 11.8. The maximum atomic E-state index is 13.9. The third-order valence-corrected chi connectivity index (χ3v) is 4.73. The van der Waals surface area contributed by atoms with E-state index in [1.54, 1.807) is 12.1 Å². The molecule has 4 heteroatoms. The van der Waals surface area contributed by atoms with Gasteiger partial charge < -0.3 is 5.11 Å². The second-order valence-corrected chi connectivity index (χ2v) is 6.09. The van der Waals surface area contributed by atoms with Gasteiger partial charge >= 0.3 is 5.97 Å². The summed E-state index contributed by atoms with van der Waals surface area (Å²) in [5.74, 6) is -1.06. The van der Waals surface area contributed by atoms with Gasteiger partial charge in [-0.25, -0.2) is 4.39 Å². The highest BCUT2D eigenvalue weighted by Gasteiger charge is 2.41. The second kappa shape index (κ2) is 5.61. The SMILES string of the molecule is CCc1cc(C2(C(=O)O)CCCCC2)cc(Br)c1F. The van der Waals surface area contributed by atoms with Crippen LogP contribution in [0, 0.1) is 5.82 Å². The van der Waals surface area contributed by atoms with Gasteiger partial charge in [0.25, 0.3) is 0 Å². The highest BCUT2D eigenvalue weighted by Crippen LogP contribution is 2.41. The minimum absolute atomic E-state index is 0.275. The molecule has 0 heterocycles. The molecule has 0 spiro atoms. The van der Waals surface area contributed by atoms with E-state index in [9.17, 15) is 14.3 Å². The lowest BCUT2D eigenvalue weighted by Gasteiger charge is -2.34. The van der Waals surface area contributed by atoms with Gasteiger partial charge in [0.2, 0.25) is 0 Å². The minimum atomic E-state index is -0.835. The van der Waals surface area contributed by atoms with Crippen molar-refractivity contribution in [2.75, 3.05) is 0 Å². The van der Waals surface area contributed by atoms with Crippen LogP contribution < -0.4 is 0 Å². The van der Waals surface area contributed by atoms with Gasteiger partial charge in [0.15, 0.2) is 0 Å². The highest BCUT2D eigenvalue weighted by atomic mass is 79.9. The number of hydrogen-bond acceptors (Lipinski definition) is 1. The van der Waals surface area contributed by atoms with Gasteiger partial charge in [0.1, 0.15) is 5.82 Å². The lowest BCUT2D eigenvalue weighted by Crippen LogP contribution is -2.38. The largest absolute Gasteiger partial charge is 0.481 e. The molecule has 0 unspecified atom stereocenters. The molecule has 0 atom stereocenters. The van der Waals surface area contributed by atoms with Crippen LogP contribution in [0.15, 0.2) is 16.6 Å². The number of carboxylic acid groups (broad SMARTS) is 1. The molecule has 0 aliphatic heterocycles. The summed E-state index contributed by atoms with van der Waals surface area (Å²) in [5.41, 5.74) is 0.485. The highest BCUT2D eigenvalue weighted by molar-refractivity contribution is 9.10. The molecule has 0 radical (unpaired) electrons. The number of hydrogen-bond donors (Lipinski definition) is 1. The summed E-state index contributed by atoms with van der Waals surface area (Å²) in [6.45, 7) is 1.88. The van der Waals surface area contributed by atoms with Crippen LogP contribution in [-0.4, -0.2) is 11.1 Å². The van der Waals surface area contributed by atoms with E-state index in [2.05, 4.69) is 15.9 Å². The summed E-state index contributed by atoms with van der Waals surface area (Å²) >= 11 is 3.21. The molecule has 1 saturated carbocycles. The maximum Gasteiger partial charge on any atom is 0.314 e. The van der Waals surface area contributed by atoms with E-state index in [-0.39, 0.29) is 5.82 Å². The number of halogens is 2. The van der Waals surface area contributed by atoms with E-state index in [0.29, 0.717) is 29.3 Å². The first kappa shape index (κ1) is 14.5. The molecule has 1 aliphatic rings. The lowest BCUT2D eigenvalue weighted by atomic mass is 9.69. The molecule has 1 aromatic carbocycles. The molecule has 1 aliphatic carbocycles. The van der Waals surface area contributed by atoms with Crippen LogP contribution in [0.25, 0.3) is 0 Å². The predicted molar refractivity (Wildman–Crippen MR) is 75.9 cm³/mol. The number of rotatable bonds is 3. The van der Waals surface area contributed by atoms with Crippen LogP contribution in [0.5, 0.6) is 0 Å². The standard InChI is InChI=1S/C15H18BrFO2/c1-2-10-8-11(9-12(16)13(10)17)15(14(18)19)6-4-3-5-7-15/h8-9H,2-7H2,1H3,(H,18,19). The average Bonchev–Trinajstić information content (AvgIpc) is 2.42. The first-order valence-electron chi connectivity index (χ1n) is 6.73. The normalized spacial score (nSPS) is 18.3. The Kier molecular flexibility index (Phi) is 4.29. The zero-order valence-corrected chi connectivity index (χ0v) is 12.6. The zero-order valence-electron chi connectivity index (χ0n) is 11.0. The predicted octanol–water partition coefficient (Wildman–Crippen LogP) is 4.44. The maximum absolute atomic E-state index is 13.9. The van der Waals surface area contributed by atoms with Crippen LogP contribution >= 0.6 is 15.9 Å². The Bertz CT molecular complexity index is 493. The molecule has 19 heavy (non-hydrogen) atoms. The first-order valence-corrected chi connectivity index (χ1v) is 7.52. The fourth-order valence-electron chi connectivity index (χ4n) is 2.96. The minimum Gasteiger partial charge on any atom is -0.481 e. The van der Waals surface area contributed by atoms with Gasteiger partial charge in [-0.1, -0.05) is 32.3 Å². The summed E-state index contributed by atoms with van der Waals surface area (Å²) in [6, 6.07) is 3.38. The summed E-state index contributed by atoms with van der Waals surface area (Å²) in [7, 11) is 0. The fourth-order valence-corrected chi connectivity index (χ4v) is 3.46. The molecule has 0 amide bonds. The zero-order chi connectivity index (χ0) is 14.0. The third kappa shape index (κ3) is 2.55. The van der Waals surface area contributed by atoms with Gasteiger partial charge in [-0.05, 0) is 52.4 Å². The Balaban J connectivity index is 2.54. The number of carbonyl (C=O) groups is 1. The molecule has 1 aromatic rings. The third-order valence-electron chi connectivity index (χ3n) is 4.15. The van der Waals surface area contributed by atoms with Gasteiger partial charge in [-0.3, -0.25) is 4.79 Å². The van der Waals surface area contributed by atoms with Crippen LogP contribution in [0.2, 0.25) is 0 Å². The van der Waals surface area contributed by atoms with E-state index < -0.39 is 11.4 Å². The summed E-state index contributed by atoms with van der Waals surface area (Å²) < 4.78 is 14.2. The van der Waals surface area contributed by atoms with E-state index in [1.165, 1.54) is 0 Å². The molecule has 2 nitrogen and oxygen atoms in total.